The summed E-state index contributed by atoms with van der Waals surface area (Å²) in [4.78, 5) is 11.5. The summed E-state index contributed by atoms with van der Waals surface area (Å²) in [5, 5.41) is 0. The molecule has 0 bridgehead atoms. The summed E-state index contributed by atoms with van der Waals surface area (Å²) in [7, 11) is 0. The minimum absolute atomic E-state index is 0.103. The second-order valence-corrected chi connectivity index (χ2v) is 3.31. The molecule has 0 saturated carbocycles. The number of benzene rings is 1. The van der Waals surface area contributed by atoms with E-state index in [9.17, 15) is 13.6 Å². The molecule has 1 aromatic rings. The van der Waals surface area contributed by atoms with Crippen molar-refractivity contribution in [3.8, 4) is 5.75 Å². The molecule has 0 radical (unpaired) electrons. The van der Waals surface area contributed by atoms with Gasteiger partial charge in [-0.3, -0.25) is 4.79 Å². The Labute approximate surface area is 79.5 Å². The Morgan fingerprint density at radius 2 is 2.14 bits per heavy atom. The Balaban J connectivity index is 2.59. The maximum atomic E-state index is 13.1. The number of carbonyl (C=O) groups excluding carboxylic acids is 1. The average Bonchev–Trinajstić information content (AvgIpc) is 2.17. The zero-order chi connectivity index (χ0) is 10.3. The van der Waals surface area contributed by atoms with E-state index in [0.717, 1.165) is 6.07 Å². The molecule has 0 spiro atoms. The van der Waals surface area contributed by atoms with Crippen molar-refractivity contribution in [2.75, 3.05) is 6.61 Å². The van der Waals surface area contributed by atoms with Gasteiger partial charge in [-0.1, -0.05) is 6.92 Å². The van der Waals surface area contributed by atoms with Crippen molar-refractivity contribution >= 4 is 5.78 Å². The van der Waals surface area contributed by atoms with Crippen LogP contribution in [-0.2, 0) is 0 Å². The molecule has 0 saturated heterocycles. The van der Waals surface area contributed by atoms with E-state index >= 15 is 0 Å². The van der Waals surface area contributed by atoms with Crippen LogP contribution >= 0.6 is 0 Å². The fraction of sp³-hybridized carbons (Fsp3) is 0.300. The number of halogens is 2. The van der Waals surface area contributed by atoms with Gasteiger partial charge < -0.3 is 4.74 Å². The first kappa shape index (κ1) is 9.12. The molecule has 74 valence electrons. The van der Waals surface area contributed by atoms with Crippen LogP contribution in [0.5, 0.6) is 5.75 Å². The van der Waals surface area contributed by atoms with Gasteiger partial charge in [-0.15, -0.1) is 0 Å². The van der Waals surface area contributed by atoms with Gasteiger partial charge >= 0.3 is 0 Å². The fourth-order valence-corrected chi connectivity index (χ4v) is 1.42. The molecule has 0 amide bonds. The summed E-state index contributed by atoms with van der Waals surface area (Å²) >= 11 is 0. The van der Waals surface area contributed by atoms with Gasteiger partial charge in [0.25, 0.3) is 0 Å². The fourth-order valence-electron chi connectivity index (χ4n) is 1.42. The maximum absolute atomic E-state index is 13.1. The van der Waals surface area contributed by atoms with Crippen molar-refractivity contribution in [2.24, 2.45) is 5.92 Å². The molecule has 1 heterocycles. The number of carbonyl (C=O) groups is 1. The van der Waals surface area contributed by atoms with Gasteiger partial charge in [0.05, 0.1) is 18.1 Å². The van der Waals surface area contributed by atoms with Crippen molar-refractivity contribution in [1.82, 2.24) is 0 Å². The largest absolute Gasteiger partial charge is 0.489 e. The van der Waals surface area contributed by atoms with Gasteiger partial charge in [0.2, 0.25) is 5.82 Å². The van der Waals surface area contributed by atoms with E-state index in [1.165, 1.54) is 6.07 Å². The molecule has 2 rings (SSSR count). The van der Waals surface area contributed by atoms with Crippen LogP contribution in [0.1, 0.15) is 17.3 Å². The first-order valence-corrected chi connectivity index (χ1v) is 4.26. The third-order valence-electron chi connectivity index (χ3n) is 2.24. The lowest BCUT2D eigenvalue weighted by molar-refractivity contribution is 0.0841. The molecule has 1 atom stereocenters. The van der Waals surface area contributed by atoms with Crippen LogP contribution in [0.15, 0.2) is 12.1 Å². The summed E-state index contributed by atoms with van der Waals surface area (Å²) < 4.78 is 30.9. The van der Waals surface area contributed by atoms with Crippen LogP contribution in [0, 0.1) is 17.6 Å². The molecule has 0 aromatic heterocycles. The monoisotopic (exact) mass is 198 g/mol. The van der Waals surface area contributed by atoms with Gasteiger partial charge in [-0.05, 0) is 12.1 Å². The lowest BCUT2D eigenvalue weighted by Gasteiger charge is -2.21. The molecule has 1 aliphatic rings. The summed E-state index contributed by atoms with van der Waals surface area (Å²) in [6.45, 7) is 1.79. The van der Waals surface area contributed by atoms with Gasteiger partial charge in [0.15, 0.2) is 17.3 Å². The Morgan fingerprint density at radius 3 is 2.86 bits per heavy atom. The second kappa shape index (κ2) is 3.04. The molecule has 14 heavy (non-hydrogen) atoms. The number of hydrogen-bond acceptors (Lipinski definition) is 2. The van der Waals surface area contributed by atoms with Crippen LogP contribution < -0.4 is 4.74 Å². The normalized spacial score (nSPS) is 20.2. The van der Waals surface area contributed by atoms with E-state index in [2.05, 4.69) is 0 Å². The van der Waals surface area contributed by atoms with E-state index in [0.29, 0.717) is 0 Å². The topological polar surface area (TPSA) is 26.3 Å². The molecule has 0 fully saturated rings. The number of rotatable bonds is 0. The summed E-state index contributed by atoms with van der Waals surface area (Å²) in [6.07, 6.45) is 0. The van der Waals surface area contributed by atoms with Crippen LogP contribution in [-0.4, -0.2) is 12.4 Å². The Kier molecular flexibility index (Phi) is 1.98. The summed E-state index contributed by atoms with van der Waals surface area (Å²) in [5.74, 6) is -2.83. The standard InChI is InChI=1S/C10H8F2O2/c1-5-4-14-10-6(9(5)13)2-3-7(11)8(10)12/h2-3,5H,4H2,1H3. The average molecular weight is 198 g/mol. The van der Waals surface area contributed by atoms with Crippen LogP contribution in [0.25, 0.3) is 0 Å². The zero-order valence-electron chi connectivity index (χ0n) is 7.51. The molecule has 1 unspecified atom stereocenters. The zero-order valence-corrected chi connectivity index (χ0v) is 7.51. The number of hydrogen-bond donors (Lipinski definition) is 0. The quantitative estimate of drug-likeness (QED) is 0.638. The summed E-state index contributed by atoms with van der Waals surface area (Å²) in [6, 6.07) is 2.19. The van der Waals surface area contributed by atoms with E-state index < -0.39 is 11.6 Å². The van der Waals surface area contributed by atoms with Crippen LogP contribution in [0.4, 0.5) is 8.78 Å². The van der Waals surface area contributed by atoms with Crippen molar-refractivity contribution < 1.29 is 18.3 Å². The van der Waals surface area contributed by atoms with E-state index in [-0.39, 0.29) is 29.6 Å². The highest BCUT2D eigenvalue weighted by molar-refractivity contribution is 6.01. The SMILES string of the molecule is CC1COc2c(ccc(F)c2F)C1=O. The van der Waals surface area contributed by atoms with Crippen LogP contribution in [0.3, 0.4) is 0 Å². The third kappa shape index (κ3) is 1.18. The highest BCUT2D eigenvalue weighted by Gasteiger charge is 2.28. The molecule has 0 N–H and O–H groups in total. The first-order valence-electron chi connectivity index (χ1n) is 4.26. The van der Waals surface area contributed by atoms with E-state index in [1.54, 1.807) is 6.92 Å². The van der Waals surface area contributed by atoms with Crippen molar-refractivity contribution in [3.63, 3.8) is 0 Å². The lowest BCUT2D eigenvalue weighted by atomic mass is 9.96. The van der Waals surface area contributed by atoms with E-state index in [1.807, 2.05) is 0 Å². The van der Waals surface area contributed by atoms with Gasteiger partial charge in [0, 0.05) is 0 Å². The molecular formula is C10H8F2O2. The van der Waals surface area contributed by atoms with Crippen molar-refractivity contribution in [2.45, 2.75) is 6.92 Å². The van der Waals surface area contributed by atoms with Crippen molar-refractivity contribution in [1.29, 1.82) is 0 Å². The van der Waals surface area contributed by atoms with E-state index in [4.69, 9.17) is 4.74 Å². The molecule has 4 heteroatoms. The lowest BCUT2D eigenvalue weighted by Crippen LogP contribution is -2.26. The number of Topliss-reactive ketones (excluding diaryl/α,β-unsaturated/α-hetero) is 1. The molecule has 0 aliphatic carbocycles. The third-order valence-corrected chi connectivity index (χ3v) is 2.24. The Hall–Kier alpha value is -1.45. The first-order chi connectivity index (χ1) is 6.61. The predicted molar refractivity (Wildman–Crippen MR) is 45.3 cm³/mol. The predicted octanol–water partition coefficient (Wildman–Crippen LogP) is 2.18. The Morgan fingerprint density at radius 1 is 1.43 bits per heavy atom. The number of fused-ring (bicyclic) bond motifs is 1. The minimum Gasteiger partial charge on any atom is -0.489 e. The van der Waals surface area contributed by atoms with Gasteiger partial charge in [-0.2, -0.15) is 4.39 Å². The number of ketones is 1. The van der Waals surface area contributed by atoms with Gasteiger partial charge in [0.1, 0.15) is 0 Å². The second-order valence-electron chi connectivity index (χ2n) is 3.31. The molecule has 2 nitrogen and oxygen atoms in total. The smallest absolute Gasteiger partial charge is 0.201 e. The van der Waals surface area contributed by atoms with Crippen LogP contribution in [0.2, 0.25) is 0 Å². The molecule has 1 aliphatic heterocycles. The number of ether oxygens (including phenoxy) is 1. The Bertz CT molecular complexity index is 401. The maximum Gasteiger partial charge on any atom is 0.201 e. The minimum atomic E-state index is -1.08. The highest BCUT2D eigenvalue weighted by Crippen LogP contribution is 2.31. The molecular weight excluding hydrogens is 190 g/mol. The van der Waals surface area contributed by atoms with Gasteiger partial charge in [-0.25, -0.2) is 4.39 Å². The highest BCUT2D eigenvalue weighted by atomic mass is 19.2. The molecule has 1 aromatic carbocycles. The van der Waals surface area contributed by atoms with Crippen molar-refractivity contribution in [3.05, 3.63) is 29.3 Å². The summed E-state index contributed by atoms with van der Waals surface area (Å²) in [5.41, 5.74) is 0.127.